The molecule has 1 aliphatic heterocycles. The SMILES string of the molecule is CC1(C)CN(C(=O)Nc2ccccc2F)C(=S)N1. The number of halogens is 1. The first-order valence-corrected chi connectivity index (χ1v) is 5.95. The molecule has 1 aromatic carbocycles. The largest absolute Gasteiger partial charge is 0.355 e. The van der Waals surface area contributed by atoms with Crippen molar-refractivity contribution in [1.29, 1.82) is 0 Å². The molecule has 1 heterocycles. The van der Waals surface area contributed by atoms with Crippen LogP contribution < -0.4 is 10.6 Å². The van der Waals surface area contributed by atoms with Gasteiger partial charge in [-0.1, -0.05) is 12.1 Å². The number of nitrogens with zero attached hydrogens (tertiary/aromatic N) is 1. The van der Waals surface area contributed by atoms with Gasteiger partial charge in [-0.2, -0.15) is 0 Å². The third kappa shape index (κ3) is 2.59. The number of rotatable bonds is 1. The van der Waals surface area contributed by atoms with Gasteiger partial charge in [-0.15, -0.1) is 0 Å². The van der Waals surface area contributed by atoms with Crippen molar-refractivity contribution in [2.75, 3.05) is 11.9 Å². The molecule has 0 spiro atoms. The van der Waals surface area contributed by atoms with Crippen LogP contribution in [0.25, 0.3) is 0 Å². The topological polar surface area (TPSA) is 44.4 Å². The minimum atomic E-state index is -0.469. The van der Waals surface area contributed by atoms with Gasteiger partial charge in [0.2, 0.25) is 0 Å². The molecule has 6 heteroatoms. The van der Waals surface area contributed by atoms with E-state index in [0.29, 0.717) is 11.7 Å². The fourth-order valence-electron chi connectivity index (χ4n) is 1.77. The summed E-state index contributed by atoms with van der Waals surface area (Å²) < 4.78 is 13.4. The number of carbonyl (C=O) groups excluding carboxylic acids is 1. The molecule has 2 rings (SSSR count). The zero-order valence-corrected chi connectivity index (χ0v) is 11.0. The molecular formula is C12H14FN3OS. The second-order valence-corrected chi connectivity index (χ2v) is 5.20. The molecule has 0 atom stereocenters. The second-order valence-electron chi connectivity index (χ2n) is 4.81. The number of urea groups is 1. The van der Waals surface area contributed by atoms with Gasteiger partial charge < -0.3 is 10.6 Å². The van der Waals surface area contributed by atoms with E-state index in [1.165, 1.54) is 17.0 Å². The Labute approximate surface area is 110 Å². The highest BCUT2D eigenvalue weighted by atomic mass is 32.1. The minimum Gasteiger partial charge on any atom is -0.355 e. The highest BCUT2D eigenvalue weighted by Crippen LogP contribution is 2.18. The molecule has 1 saturated heterocycles. The fraction of sp³-hybridized carbons (Fsp3) is 0.333. The molecule has 4 nitrogen and oxygen atoms in total. The molecular weight excluding hydrogens is 253 g/mol. The summed E-state index contributed by atoms with van der Waals surface area (Å²) in [5.74, 6) is -0.469. The molecule has 0 aliphatic carbocycles. The maximum atomic E-state index is 13.4. The summed E-state index contributed by atoms with van der Waals surface area (Å²) in [7, 11) is 0. The number of carbonyl (C=O) groups is 1. The first-order valence-electron chi connectivity index (χ1n) is 5.54. The van der Waals surface area contributed by atoms with Crippen LogP contribution in [-0.4, -0.2) is 28.1 Å². The lowest BCUT2D eigenvalue weighted by atomic mass is 10.1. The summed E-state index contributed by atoms with van der Waals surface area (Å²) >= 11 is 5.07. The number of hydrogen-bond donors (Lipinski definition) is 2. The van der Waals surface area contributed by atoms with E-state index in [1.807, 2.05) is 13.8 Å². The lowest BCUT2D eigenvalue weighted by molar-refractivity contribution is 0.233. The number of thiocarbonyl (C=S) groups is 1. The molecule has 0 unspecified atom stereocenters. The average molecular weight is 267 g/mol. The third-order valence-corrected chi connectivity index (χ3v) is 2.93. The quantitative estimate of drug-likeness (QED) is 0.768. The van der Waals surface area contributed by atoms with E-state index in [9.17, 15) is 9.18 Å². The van der Waals surface area contributed by atoms with Crippen LogP contribution in [0.3, 0.4) is 0 Å². The van der Waals surface area contributed by atoms with Gasteiger partial charge in [0.15, 0.2) is 5.11 Å². The lowest BCUT2D eigenvalue weighted by Gasteiger charge is -2.18. The van der Waals surface area contributed by atoms with Gasteiger partial charge in [0.1, 0.15) is 5.82 Å². The Morgan fingerprint density at radius 3 is 2.72 bits per heavy atom. The summed E-state index contributed by atoms with van der Waals surface area (Å²) in [5, 5.41) is 5.89. The second kappa shape index (κ2) is 4.53. The van der Waals surface area contributed by atoms with Crippen molar-refractivity contribution in [1.82, 2.24) is 10.2 Å². The van der Waals surface area contributed by atoms with Gasteiger partial charge >= 0.3 is 6.03 Å². The Morgan fingerprint density at radius 1 is 1.50 bits per heavy atom. The number of nitrogens with one attached hydrogen (secondary N) is 2. The van der Waals surface area contributed by atoms with E-state index in [1.54, 1.807) is 12.1 Å². The van der Waals surface area contributed by atoms with E-state index >= 15 is 0 Å². The van der Waals surface area contributed by atoms with Gasteiger partial charge in [0.05, 0.1) is 17.8 Å². The zero-order valence-electron chi connectivity index (χ0n) is 10.2. The van der Waals surface area contributed by atoms with Crippen molar-refractivity contribution in [2.45, 2.75) is 19.4 Å². The van der Waals surface area contributed by atoms with Crippen molar-refractivity contribution < 1.29 is 9.18 Å². The van der Waals surface area contributed by atoms with E-state index in [2.05, 4.69) is 10.6 Å². The van der Waals surface area contributed by atoms with Crippen LogP contribution in [0.5, 0.6) is 0 Å². The Hall–Kier alpha value is -1.69. The highest BCUT2D eigenvalue weighted by Gasteiger charge is 2.35. The van der Waals surface area contributed by atoms with Crippen molar-refractivity contribution in [2.24, 2.45) is 0 Å². The third-order valence-electron chi connectivity index (χ3n) is 2.60. The fourth-order valence-corrected chi connectivity index (χ4v) is 2.20. The summed E-state index contributed by atoms with van der Waals surface area (Å²) in [5.41, 5.74) is -0.112. The van der Waals surface area contributed by atoms with E-state index < -0.39 is 11.8 Å². The Balaban J connectivity index is 2.10. The average Bonchev–Trinajstić information content (AvgIpc) is 2.55. The van der Waals surface area contributed by atoms with E-state index in [-0.39, 0.29) is 11.2 Å². The van der Waals surface area contributed by atoms with Gasteiger partial charge in [0, 0.05) is 0 Å². The summed E-state index contributed by atoms with van der Waals surface area (Å²) in [6.07, 6.45) is 0. The maximum Gasteiger partial charge on any atom is 0.328 e. The van der Waals surface area contributed by atoms with Gasteiger partial charge in [-0.3, -0.25) is 4.90 Å². The van der Waals surface area contributed by atoms with Crippen molar-refractivity contribution in [3.05, 3.63) is 30.1 Å². The molecule has 2 amide bonds. The normalized spacial score (nSPS) is 17.5. The molecule has 0 bridgehead atoms. The number of amides is 2. The highest BCUT2D eigenvalue weighted by molar-refractivity contribution is 7.80. The predicted molar refractivity (Wildman–Crippen MR) is 71.9 cm³/mol. The Kier molecular flexibility index (Phi) is 3.21. The molecule has 0 radical (unpaired) electrons. The van der Waals surface area contributed by atoms with Crippen molar-refractivity contribution in [3.8, 4) is 0 Å². The number of anilines is 1. The summed E-state index contributed by atoms with van der Waals surface area (Å²) in [4.78, 5) is 13.4. The summed E-state index contributed by atoms with van der Waals surface area (Å²) in [6, 6.07) is 5.59. The molecule has 1 aromatic rings. The molecule has 1 fully saturated rings. The van der Waals surface area contributed by atoms with Crippen LogP contribution in [0.15, 0.2) is 24.3 Å². The standard InChI is InChI=1S/C12H14FN3OS/c1-12(2)7-16(11(18)15-12)10(17)14-9-6-4-3-5-8(9)13/h3-6H,7H2,1-2H3,(H,14,17)(H,15,18). The molecule has 0 saturated carbocycles. The molecule has 2 N–H and O–H groups in total. The minimum absolute atomic E-state index is 0.148. The van der Waals surface area contributed by atoms with E-state index in [4.69, 9.17) is 12.2 Å². The predicted octanol–water partition coefficient (Wildman–Crippen LogP) is 2.33. The van der Waals surface area contributed by atoms with E-state index in [0.717, 1.165) is 0 Å². The molecule has 1 aliphatic rings. The number of benzene rings is 1. The number of hydrogen-bond acceptors (Lipinski definition) is 2. The van der Waals surface area contributed by atoms with Gasteiger partial charge in [0.25, 0.3) is 0 Å². The van der Waals surface area contributed by atoms with Crippen LogP contribution >= 0.6 is 12.2 Å². The van der Waals surface area contributed by atoms with Gasteiger partial charge in [-0.05, 0) is 38.2 Å². The van der Waals surface area contributed by atoms with Crippen LogP contribution in [0, 0.1) is 5.82 Å². The lowest BCUT2D eigenvalue weighted by Crippen LogP contribution is -2.37. The Morgan fingerprint density at radius 2 is 2.17 bits per heavy atom. The monoisotopic (exact) mass is 267 g/mol. The first-order chi connectivity index (χ1) is 8.39. The first kappa shape index (κ1) is 12.8. The molecule has 0 aromatic heterocycles. The van der Waals surface area contributed by atoms with Gasteiger partial charge in [-0.25, -0.2) is 9.18 Å². The van der Waals surface area contributed by atoms with Crippen LogP contribution in [0.4, 0.5) is 14.9 Å². The number of para-hydroxylation sites is 1. The van der Waals surface area contributed by atoms with Crippen LogP contribution in [0.1, 0.15) is 13.8 Å². The van der Waals surface area contributed by atoms with Crippen molar-refractivity contribution >= 4 is 29.0 Å². The molecule has 18 heavy (non-hydrogen) atoms. The smallest absolute Gasteiger partial charge is 0.328 e. The van der Waals surface area contributed by atoms with Crippen molar-refractivity contribution in [3.63, 3.8) is 0 Å². The van der Waals surface area contributed by atoms with Crippen LogP contribution in [-0.2, 0) is 0 Å². The maximum absolute atomic E-state index is 13.4. The van der Waals surface area contributed by atoms with Crippen LogP contribution in [0.2, 0.25) is 0 Å². The summed E-state index contributed by atoms with van der Waals surface area (Å²) in [6.45, 7) is 4.33. The Bertz CT molecular complexity index is 504. The molecule has 96 valence electrons. The zero-order chi connectivity index (χ0) is 13.3.